The van der Waals surface area contributed by atoms with E-state index in [1.807, 2.05) is 24.3 Å². The number of rotatable bonds is 4. The molecule has 2 atom stereocenters. The number of allylic oxidation sites excluding steroid dienone is 2. The average molecular weight is 356 g/mol. The number of methoxy groups -OCH3 is 2. The number of carbonyl (C=O) groups is 3. The molecule has 6 nitrogen and oxygen atoms in total. The lowest BCUT2D eigenvalue weighted by Crippen LogP contribution is -2.32. The smallest absolute Gasteiger partial charge is 0.306 e. The second kappa shape index (κ2) is 6.78. The molecule has 1 aromatic carbocycles. The Morgan fingerprint density at radius 2 is 1.69 bits per heavy atom. The van der Waals surface area contributed by atoms with E-state index >= 15 is 0 Å². The molecule has 2 aliphatic rings. The van der Waals surface area contributed by atoms with Crippen molar-refractivity contribution in [3.8, 4) is 0 Å². The van der Waals surface area contributed by atoms with Crippen molar-refractivity contribution in [3.05, 3.63) is 58.1 Å². The Labute approximate surface area is 151 Å². The molecule has 0 spiro atoms. The van der Waals surface area contributed by atoms with Gasteiger partial charge in [0.1, 0.15) is 0 Å². The van der Waals surface area contributed by atoms with Crippen LogP contribution in [0.5, 0.6) is 0 Å². The number of carboxylic acid groups (broad SMARTS) is 1. The molecular weight excluding hydrogens is 336 g/mol. The van der Waals surface area contributed by atoms with Crippen molar-refractivity contribution in [2.75, 3.05) is 14.2 Å². The number of hydrogen-bond acceptors (Lipinski definition) is 5. The normalized spacial score (nSPS) is 23.0. The van der Waals surface area contributed by atoms with E-state index in [1.165, 1.54) is 14.2 Å². The highest BCUT2D eigenvalue weighted by molar-refractivity contribution is 6.24. The largest absolute Gasteiger partial charge is 0.489 e. The van der Waals surface area contributed by atoms with Gasteiger partial charge in [-0.15, -0.1) is 0 Å². The number of Topliss-reactive ketones (excluding diaryl/α,β-unsaturated/α-hetero) is 2. The summed E-state index contributed by atoms with van der Waals surface area (Å²) in [5, 5.41) is 9.52. The molecule has 136 valence electrons. The monoisotopic (exact) mass is 356 g/mol. The molecule has 0 aliphatic heterocycles. The van der Waals surface area contributed by atoms with Crippen molar-refractivity contribution in [2.24, 2.45) is 5.92 Å². The Kier molecular flexibility index (Phi) is 4.68. The molecule has 0 amide bonds. The lowest BCUT2D eigenvalue weighted by molar-refractivity contribution is -0.142. The molecule has 0 aromatic heterocycles. The second-order valence-electron chi connectivity index (χ2n) is 6.49. The minimum atomic E-state index is -0.905. The topological polar surface area (TPSA) is 89.9 Å². The Bertz CT molecular complexity index is 861. The van der Waals surface area contributed by atoms with Crippen molar-refractivity contribution in [1.29, 1.82) is 0 Å². The summed E-state index contributed by atoms with van der Waals surface area (Å²) in [6.07, 6.45) is 0.671. The third-order valence-electron chi connectivity index (χ3n) is 5.13. The maximum atomic E-state index is 13.0. The fourth-order valence-corrected chi connectivity index (χ4v) is 3.86. The zero-order valence-corrected chi connectivity index (χ0v) is 14.9. The van der Waals surface area contributed by atoms with Crippen LogP contribution in [0.3, 0.4) is 0 Å². The van der Waals surface area contributed by atoms with Crippen LogP contribution in [0.1, 0.15) is 30.4 Å². The standard InChI is InChI=1S/C20H20O6/c1-10-15(17(22)19(26-3)18(25-2)16(10)21)14-9-12(20(23)24)8-11-6-4-5-7-13(11)14/h4-7,12,14H,8-9H2,1-3H3,(H,23,24)/t12-,14-/m0/s1. The molecule has 0 radical (unpaired) electrons. The first-order valence-electron chi connectivity index (χ1n) is 8.33. The van der Waals surface area contributed by atoms with Crippen molar-refractivity contribution >= 4 is 17.5 Å². The number of benzene rings is 1. The summed E-state index contributed by atoms with van der Waals surface area (Å²) in [6.45, 7) is 1.58. The van der Waals surface area contributed by atoms with E-state index in [2.05, 4.69) is 0 Å². The number of fused-ring (bicyclic) bond motifs is 1. The van der Waals surface area contributed by atoms with Crippen LogP contribution < -0.4 is 0 Å². The Morgan fingerprint density at radius 1 is 1.08 bits per heavy atom. The average Bonchev–Trinajstić information content (AvgIpc) is 2.64. The summed E-state index contributed by atoms with van der Waals surface area (Å²) in [5.41, 5.74) is 2.35. The predicted molar refractivity (Wildman–Crippen MR) is 92.4 cm³/mol. The van der Waals surface area contributed by atoms with Crippen LogP contribution in [0.25, 0.3) is 0 Å². The highest BCUT2D eigenvalue weighted by Crippen LogP contribution is 2.43. The molecule has 26 heavy (non-hydrogen) atoms. The van der Waals surface area contributed by atoms with Gasteiger partial charge in [0.2, 0.25) is 23.1 Å². The van der Waals surface area contributed by atoms with Gasteiger partial charge in [0, 0.05) is 17.1 Å². The predicted octanol–water partition coefficient (Wildman–Crippen LogP) is 2.39. The van der Waals surface area contributed by atoms with Gasteiger partial charge >= 0.3 is 5.97 Å². The van der Waals surface area contributed by atoms with Gasteiger partial charge in [0.25, 0.3) is 0 Å². The van der Waals surface area contributed by atoms with E-state index < -0.39 is 29.4 Å². The molecule has 6 heteroatoms. The Morgan fingerprint density at radius 3 is 2.31 bits per heavy atom. The van der Waals surface area contributed by atoms with Crippen LogP contribution in [0, 0.1) is 5.92 Å². The minimum absolute atomic E-state index is 0.113. The fourth-order valence-electron chi connectivity index (χ4n) is 3.86. The van der Waals surface area contributed by atoms with Gasteiger partial charge in [-0.2, -0.15) is 0 Å². The van der Waals surface area contributed by atoms with Crippen molar-refractivity contribution in [2.45, 2.75) is 25.7 Å². The first-order valence-corrected chi connectivity index (χ1v) is 8.33. The van der Waals surface area contributed by atoms with Crippen LogP contribution in [-0.2, 0) is 30.3 Å². The molecule has 3 rings (SSSR count). The van der Waals surface area contributed by atoms with E-state index in [1.54, 1.807) is 6.92 Å². The maximum absolute atomic E-state index is 13.0. The van der Waals surface area contributed by atoms with Crippen LogP contribution >= 0.6 is 0 Å². The van der Waals surface area contributed by atoms with E-state index in [9.17, 15) is 19.5 Å². The molecule has 1 N–H and O–H groups in total. The number of hydrogen-bond donors (Lipinski definition) is 1. The van der Waals surface area contributed by atoms with Gasteiger partial charge in [-0.25, -0.2) is 0 Å². The van der Waals surface area contributed by atoms with Crippen LogP contribution in [0.4, 0.5) is 0 Å². The van der Waals surface area contributed by atoms with Crippen LogP contribution in [0.2, 0.25) is 0 Å². The molecular formula is C20H20O6. The highest BCUT2D eigenvalue weighted by Gasteiger charge is 2.42. The number of carbonyl (C=O) groups excluding carboxylic acids is 2. The molecule has 2 aliphatic carbocycles. The third kappa shape index (κ3) is 2.71. The molecule has 0 saturated carbocycles. The number of ketones is 2. The van der Waals surface area contributed by atoms with Crippen molar-refractivity contribution in [1.82, 2.24) is 0 Å². The van der Waals surface area contributed by atoms with Gasteiger partial charge in [-0.1, -0.05) is 24.3 Å². The van der Waals surface area contributed by atoms with E-state index in [0.717, 1.165) is 11.1 Å². The second-order valence-corrected chi connectivity index (χ2v) is 6.49. The van der Waals surface area contributed by atoms with E-state index in [4.69, 9.17) is 9.47 Å². The Balaban J connectivity index is 2.15. The lowest BCUT2D eigenvalue weighted by atomic mass is 9.70. The SMILES string of the molecule is COC1=C(OC)C(=O)C([C@H]2C[C@@H](C(=O)O)Cc3ccccc32)=C(C)C1=O. The zero-order chi connectivity index (χ0) is 19.0. The van der Waals surface area contributed by atoms with Gasteiger partial charge in [-0.05, 0) is 30.9 Å². The maximum Gasteiger partial charge on any atom is 0.306 e. The summed E-state index contributed by atoms with van der Waals surface area (Å²) >= 11 is 0. The summed E-state index contributed by atoms with van der Waals surface area (Å²) < 4.78 is 10.2. The van der Waals surface area contributed by atoms with Gasteiger partial charge < -0.3 is 14.6 Å². The number of ether oxygens (including phenoxy) is 2. The van der Waals surface area contributed by atoms with Gasteiger partial charge in [-0.3, -0.25) is 14.4 Å². The molecule has 0 fully saturated rings. The zero-order valence-electron chi connectivity index (χ0n) is 14.9. The number of aliphatic carboxylic acids is 1. The van der Waals surface area contributed by atoms with Crippen LogP contribution in [0.15, 0.2) is 46.9 Å². The summed E-state index contributed by atoms with van der Waals surface area (Å²) in [5.74, 6) is -3.07. The van der Waals surface area contributed by atoms with Crippen LogP contribution in [-0.4, -0.2) is 36.9 Å². The van der Waals surface area contributed by atoms with Gasteiger partial charge in [0.15, 0.2) is 0 Å². The lowest BCUT2D eigenvalue weighted by Gasteiger charge is -2.33. The van der Waals surface area contributed by atoms with Crippen molar-refractivity contribution in [3.63, 3.8) is 0 Å². The quantitative estimate of drug-likeness (QED) is 0.833. The first kappa shape index (κ1) is 17.9. The minimum Gasteiger partial charge on any atom is -0.489 e. The summed E-state index contributed by atoms with van der Waals surface area (Å²) in [7, 11) is 2.63. The van der Waals surface area contributed by atoms with E-state index in [-0.39, 0.29) is 23.5 Å². The van der Waals surface area contributed by atoms with E-state index in [0.29, 0.717) is 12.0 Å². The molecule has 0 heterocycles. The Hall–Kier alpha value is -2.89. The molecule has 0 saturated heterocycles. The molecule has 1 aromatic rings. The first-order chi connectivity index (χ1) is 12.4. The summed E-state index contributed by atoms with van der Waals surface area (Å²) in [4.78, 5) is 37.3. The molecule has 0 bridgehead atoms. The highest BCUT2D eigenvalue weighted by atomic mass is 16.5. The van der Waals surface area contributed by atoms with Crippen molar-refractivity contribution < 1.29 is 29.0 Å². The summed E-state index contributed by atoms with van der Waals surface area (Å²) in [6, 6.07) is 7.46. The third-order valence-corrected chi connectivity index (χ3v) is 5.13. The number of carboxylic acids is 1. The van der Waals surface area contributed by atoms with Gasteiger partial charge in [0.05, 0.1) is 20.1 Å². The molecule has 0 unspecified atom stereocenters. The fraction of sp³-hybridized carbons (Fsp3) is 0.350.